The summed E-state index contributed by atoms with van der Waals surface area (Å²) in [6, 6.07) is 0.312. The third kappa shape index (κ3) is 3.31. The van der Waals surface area contributed by atoms with Gasteiger partial charge in [0.1, 0.15) is 0 Å². The van der Waals surface area contributed by atoms with E-state index in [4.69, 9.17) is 5.73 Å². The summed E-state index contributed by atoms with van der Waals surface area (Å²) in [6.07, 6.45) is 3.99. The minimum atomic E-state index is 0.312. The molecule has 0 aliphatic rings. The van der Waals surface area contributed by atoms with E-state index in [1.54, 1.807) is 0 Å². The number of hydrogen-bond acceptors (Lipinski definition) is 1. The summed E-state index contributed by atoms with van der Waals surface area (Å²) in [4.78, 5) is 0. The van der Waals surface area contributed by atoms with Crippen molar-refractivity contribution >= 4 is 0 Å². The van der Waals surface area contributed by atoms with E-state index in [-0.39, 0.29) is 0 Å². The topological polar surface area (TPSA) is 26.0 Å². The van der Waals surface area contributed by atoms with Crippen LogP contribution in [0.2, 0.25) is 0 Å². The van der Waals surface area contributed by atoms with Crippen molar-refractivity contribution in [1.29, 1.82) is 0 Å². The third-order valence-electron chi connectivity index (χ3n) is 1.81. The molecule has 1 nitrogen and oxygen atoms in total. The molecule has 0 rings (SSSR count). The quantitative estimate of drug-likeness (QED) is 0.574. The lowest BCUT2D eigenvalue weighted by atomic mass is 9.98. The molecule has 0 spiro atoms. The summed E-state index contributed by atoms with van der Waals surface area (Å²) in [5.74, 6) is 0.628. The van der Waals surface area contributed by atoms with Gasteiger partial charge in [-0.1, -0.05) is 26.3 Å². The molecule has 0 saturated heterocycles. The molecule has 9 heavy (non-hydrogen) atoms. The summed E-state index contributed by atoms with van der Waals surface area (Å²) < 4.78 is 0. The summed E-state index contributed by atoms with van der Waals surface area (Å²) in [5.41, 5.74) is 5.77. The minimum absolute atomic E-state index is 0.312. The molecule has 0 aliphatic carbocycles. The van der Waals surface area contributed by atoms with Crippen molar-refractivity contribution in [1.82, 2.24) is 0 Å². The first-order chi connectivity index (χ1) is 4.22. The standard InChI is InChI=1S/C8H17N/c1-4-6-8(9)7(3)5-2/h4,7-8H,1,5-6,9H2,2-3H3. The highest BCUT2D eigenvalue weighted by Crippen LogP contribution is 2.07. The van der Waals surface area contributed by atoms with Crippen LogP contribution in [-0.4, -0.2) is 6.04 Å². The molecule has 0 radical (unpaired) electrons. The first-order valence-electron chi connectivity index (χ1n) is 3.58. The van der Waals surface area contributed by atoms with Crippen molar-refractivity contribution in [3.63, 3.8) is 0 Å². The lowest BCUT2D eigenvalue weighted by molar-refractivity contribution is 0.445. The molecule has 1 heteroatoms. The molecule has 2 N–H and O–H groups in total. The predicted octanol–water partition coefficient (Wildman–Crippen LogP) is 1.94. The molecular formula is C8H17N. The zero-order chi connectivity index (χ0) is 7.28. The Labute approximate surface area is 57.9 Å². The van der Waals surface area contributed by atoms with E-state index in [1.807, 2.05) is 6.08 Å². The fourth-order valence-corrected chi connectivity index (χ4v) is 0.728. The van der Waals surface area contributed by atoms with Crippen molar-refractivity contribution in [3.05, 3.63) is 12.7 Å². The van der Waals surface area contributed by atoms with E-state index in [1.165, 1.54) is 0 Å². The van der Waals surface area contributed by atoms with Gasteiger partial charge in [-0.3, -0.25) is 0 Å². The Morgan fingerprint density at radius 1 is 1.67 bits per heavy atom. The van der Waals surface area contributed by atoms with Gasteiger partial charge in [0.15, 0.2) is 0 Å². The van der Waals surface area contributed by atoms with Crippen LogP contribution in [0.15, 0.2) is 12.7 Å². The molecule has 0 heterocycles. The van der Waals surface area contributed by atoms with Crippen LogP contribution in [0.4, 0.5) is 0 Å². The van der Waals surface area contributed by atoms with Crippen molar-refractivity contribution in [2.75, 3.05) is 0 Å². The van der Waals surface area contributed by atoms with Crippen LogP contribution in [0.3, 0.4) is 0 Å². The summed E-state index contributed by atoms with van der Waals surface area (Å²) in [7, 11) is 0. The summed E-state index contributed by atoms with van der Waals surface area (Å²) in [6.45, 7) is 7.97. The van der Waals surface area contributed by atoms with Gasteiger partial charge in [0.2, 0.25) is 0 Å². The first kappa shape index (κ1) is 8.70. The van der Waals surface area contributed by atoms with Gasteiger partial charge in [-0.15, -0.1) is 6.58 Å². The van der Waals surface area contributed by atoms with E-state index in [9.17, 15) is 0 Å². The Balaban J connectivity index is 3.44. The Morgan fingerprint density at radius 3 is 2.56 bits per heavy atom. The van der Waals surface area contributed by atoms with Crippen LogP contribution in [0.25, 0.3) is 0 Å². The third-order valence-corrected chi connectivity index (χ3v) is 1.81. The molecular weight excluding hydrogens is 110 g/mol. The maximum absolute atomic E-state index is 5.77. The predicted molar refractivity (Wildman–Crippen MR) is 42.2 cm³/mol. The van der Waals surface area contributed by atoms with E-state index in [2.05, 4.69) is 20.4 Å². The molecule has 0 aromatic carbocycles. The van der Waals surface area contributed by atoms with Crippen molar-refractivity contribution in [3.8, 4) is 0 Å². The van der Waals surface area contributed by atoms with Gasteiger partial charge < -0.3 is 5.73 Å². The number of nitrogens with two attached hydrogens (primary N) is 1. The second kappa shape index (κ2) is 4.57. The fourth-order valence-electron chi connectivity index (χ4n) is 0.728. The van der Waals surface area contributed by atoms with Crippen LogP contribution >= 0.6 is 0 Å². The van der Waals surface area contributed by atoms with Crippen LogP contribution < -0.4 is 5.73 Å². The first-order valence-corrected chi connectivity index (χ1v) is 3.58. The van der Waals surface area contributed by atoms with Crippen LogP contribution in [0.1, 0.15) is 26.7 Å². The molecule has 0 aliphatic heterocycles. The van der Waals surface area contributed by atoms with E-state index < -0.39 is 0 Å². The molecule has 0 fully saturated rings. The van der Waals surface area contributed by atoms with Crippen LogP contribution in [-0.2, 0) is 0 Å². The van der Waals surface area contributed by atoms with Gasteiger partial charge in [-0.2, -0.15) is 0 Å². The van der Waals surface area contributed by atoms with Crippen molar-refractivity contribution < 1.29 is 0 Å². The molecule has 54 valence electrons. The van der Waals surface area contributed by atoms with Gasteiger partial charge in [-0.25, -0.2) is 0 Å². The Kier molecular flexibility index (Phi) is 4.41. The second-order valence-corrected chi connectivity index (χ2v) is 2.57. The molecule has 0 aromatic heterocycles. The zero-order valence-electron chi connectivity index (χ0n) is 6.43. The molecule has 2 atom stereocenters. The van der Waals surface area contributed by atoms with Gasteiger partial charge in [0, 0.05) is 6.04 Å². The van der Waals surface area contributed by atoms with Gasteiger partial charge in [0.05, 0.1) is 0 Å². The smallest absolute Gasteiger partial charge is 0.00990 e. The summed E-state index contributed by atoms with van der Waals surface area (Å²) in [5, 5.41) is 0. The largest absolute Gasteiger partial charge is 0.327 e. The zero-order valence-corrected chi connectivity index (χ0v) is 6.43. The Hall–Kier alpha value is -0.300. The molecule has 2 unspecified atom stereocenters. The van der Waals surface area contributed by atoms with Gasteiger partial charge in [0.25, 0.3) is 0 Å². The average molecular weight is 127 g/mol. The van der Waals surface area contributed by atoms with Crippen molar-refractivity contribution in [2.45, 2.75) is 32.7 Å². The van der Waals surface area contributed by atoms with Crippen LogP contribution in [0, 0.1) is 5.92 Å². The fraction of sp³-hybridized carbons (Fsp3) is 0.750. The van der Waals surface area contributed by atoms with Gasteiger partial charge >= 0.3 is 0 Å². The normalized spacial score (nSPS) is 16.8. The molecule has 0 saturated carbocycles. The molecule has 0 bridgehead atoms. The van der Waals surface area contributed by atoms with Crippen LogP contribution in [0.5, 0.6) is 0 Å². The van der Waals surface area contributed by atoms with E-state index >= 15 is 0 Å². The highest BCUT2D eigenvalue weighted by atomic mass is 14.6. The monoisotopic (exact) mass is 127 g/mol. The van der Waals surface area contributed by atoms with Gasteiger partial charge in [-0.05, 0) is 12.3 Å². The highest BCUT2D eigenvalue weighted by molar-refractivity contribution is 4.78. The maximum Gasteiger partial charge on any atom is 0.00990 e. The van der Waals surface area contributed by atoms with E-state index in [0.29, 0.717) is 12.0 Å². The minimum Gasteiger partial charge on any atom is -0.327 e. The highest BCUT2D eigenvalue weighted by Gasteiger charge is 2.06. The molecule has 0 aromatic rings. The van der Waals surface area contributed by atoms with Crippen molar-refractivity contribution in [2.24, 2.45) is 11.7 Å². The lowest BCUT2D eigenvalue weighted by Gasteiger charge is -2.15. The number of hydrogen-bond donors (Lipinski definition) is 1. The Bertz CT molecular complexity index is 78.6. The van der Waals surface area contributed by atoms with E-state index in [0.717, 1.165) is 12.8 Å². The Morgan fingerprint density at radius 2 is 2.22 bits per heavy atom. The molecule has 0 amide bonds. The average Bonchev–Trinajstić information content (AvgIpc) is 1.87. The SMILES string of the molecule is C=CCC(N)C(C)CC. The lowest BCUT2D eigenvalue weighted by Crippen LogP contribution is -2.26. The second-order valence-electron chi connectivity index (χ2n) is 2.57. The summed E-state index contributed by atoms with van der Waals surface area (Å²) >= 11 is 0. The number of rotatable bonds is 4. The maximum atomic E-state index is 5.77.